The van der Waals surface area contributed by atoms with Crippen molar-refractivity contribution >= 4 is 0 Å². The first-order chi connectivity index (χ1) is 7.68. The predicted octanol–water partition coefficient (Wildman–Crippen LogP) is 1.67. The molecule has 0 unspecified atom stereocenters. The molecule has 1 aliphatic heterocycles. The van der Waals surface area contributed by atoms with Crippen molar-refractivity contribution in [1.29, 1.82) is 0 Å². The zero-order valence-corrected chi connectivity index (χ0v) is 11.5. The topological polar surface area (TPSA) is 53.7 Å². The molecular weight excluding hydrogens is 218 g/mol. The predicted molar refractivity (Wildman–Crippen MR) is 65.6 cm³/mol. The number of fused-ring (bicyclic) bond motifs is 1. The molecule has 100 valence electrons. The molecule has 0 spiro atoms. The maximum absolute atomic E-state index is 6.11. The van der Waals surface area contributed by atoms with Crippen LogP contribution in [0.5, 0.6) is 0 Å². The molecule has 1 saturated carbocycles. The highest BCUT2D eigenvalue weighted by Crippen LogP contribution is 2.41. The van der Waals surface area contributed by atoms with E-state index in [0.29, 0.717) is 12.5 Å². The third-order valence-electron chi connectivity index (χ3n) is 3.36. The summed E-state index contributed by atoms with van der Waals surface area (Å²) in [5, 5.41) is 0. The summed E-state index contributed by atoms with van der Waals surface area (Å²) >= 11 is 0. The fourth-order valence-electron chi connectivity index (χ4n) is 2.65. The number of nitrogens with two attached hydrogens (primary N) is 1. The third kappa shape index (κ3) is 2.99. The van der Waals surface area contributed by atoms with Gasteiger partial charge in [-0.1, -0.05) is 0 Å². The molecule has 0 aromatic carbocycles. The van der Waals surface area contributed by atoms with Crippen LogP contribution in [0.1, 0.15) is 41.0 Å². The van der Waals surface area contributed by atoms with Gasteiger partial charge in [-0.15, -0.1) is 0 Å². The number of rotatable bonds is 2. The highest BCUT2D eigenvalue weighted by Gasteiger charge is 2.52. The first-order valence-corrected chi connectivity index (χ1v) is 6.43. The molecule has 4 atom stereocenters. The van der Waals surface area contributed by atoms with E-state index >= 15 is 0 Å². The first kappa shape index (κ1) is 13.3. The molecular formula is C13H25NO3. The van der Waals surface area contributed by atoms with Gasteiger partial charge >= 0.3 is 0 Å². The Morgan fingerprint density at radius 2 is 1.82 bits per heavy atom. The van der Waals surface area contributed by atoms with Gasteiger partial charge in [0.2, 0.25) is 0 Å². The molecule has 0 aromatic heterocycles. The molecule has 17 heavy (non-hydrogen) atoms. The van der Waals surface area contributed by atoms with Gasteiger partial charge in [0.05, 0.1) is 18.3 Å². The van der Waals surface area contributed by atoms with E-state index in [1.54, 1.807) is 0 Å². The molecule has 1 aliphatic carbocycles. The Kier molecular flexibility index (Phi) is 3.28. The lowest BCUT2D eigenvalue weighted by molar-refractivity contribution is -0.162. The van der Waals surface area contributed by atoms with Gasteiger partial charge in [-0.2, -0.15) is 0 Å². The van der Waals surface area contributed by atoms with Gasteiger partial charge < -0.3 is 19.9 Å². The lowest BCUT2D eigenvalue weighted by Crippen LogP contribution is -2.35. The van der Waals surface area contributed by atoms with Crippen LogP contribution < -0.4 is 5.73 Å². The monoisotopic (exact) mass is 243 g/mol. The van der Waals surface area contributed by atoms with E-state index in [2.05, 4.69) is 20.8 Å². The molecule has 2 N–H and O–H groups in total. The molecule has 4 heteroatoms. The Labute approximate surface area is 104 Å². The average molecular weight is 243 g/mol. The van der Waals surface area contributed by atoms with E-state index in [4.69, 9.17) is 19.9 Å². The lowest BCUT2D eigenvalue weighted by Gasteiger charge is -2.26. The summed E-state index contributed by atoms with van der Waals surface area (Å²) < 4.78 is 17.6. The van der Waals surface area contributed by atoms with E-state index in [9.17, 15) is 0 Å². The van der Waals surface area contributed by atoms with E-state index < -0.39 is 5.79 Å². The number of ether oxygens (including phenoxy) is 3. The minimum absolute atomic E-state index is 0.0265. The van der Waals surface area contributed by atoms with Gasteiger partial charge in [-0.3, -0.25) is 0 Å². The minimum atomic E-state index is -0.507. The smallest absolute Gasteiger partial charge is 0.163 e. The standard InChI is InChI=1S/C13H25NO3/c1-12(2,3)15-7-8-6-9(14)11-10(8)16-13(4,5)17-11/h8-11H,6-7,14H2,1-5H3/t8-,9-,10-,11+/m1/s1. The van der Waals surface area contributed by atoms with Gasteiger partial charge in [0, 0.05) is 12.0 Å². The Bertz CT molecular complexity index is 285. The molecule has 0 bridgehead atoms. The summed E-state index contributed by atoms with van der Waals surface area (Å²) in [4.78, 5) is 0. The van der Waals surface area contributed by atoms with Gasteiger partial charge in [0.1, 0.15) is 6.10 Å². The summed E-state index contributed by atoms with van der Waals surface area (Å²) in [6.07, 6.45) is 1.03. The number of hydrogen-bond donors (Lipinski definition) is 1. The van der Waals surface area contributed by atoms with E-state index in [-0.39, 0.29) is 23.9 Å². The summed E-state index contributed by atoms with van der Waals surface area (Å²) in [6.45, 7) is 10.8. The van der Waals surface area contributed by atoms with Crippen molar-refractivity contribution in [2.45, 2.75) is 70.7 Å². The highest BCUT2D eigenvalue weighted by atomic mass is 16.8. The molecule has 1 saturated heterocycles. The number of hydrogen-bond acceptors (Lipinski definition) is 4. The average Bonchev–Trinajstić information content (AvgIpc) is 2.58. The normalized spacial score (nSPS) is 40.6. The summed E-state index contributed by atoms with van der Waals surface area (Å²) in [7, 11) is 0. The third-order valence-corrected chi connectivity index (χ3v) is 3.36. The second-order valence-corrected chi connectivity index (χ2v) is 6.65. The minimum Gasteiger partial charge on any atom is -0.375 e. The fourth-order valence-corrected chi connectivity index (χ4v) is 2.65. The van der Waals surface area contributed by atoms with Crippen molar-refractivity contribution in [3.8, 4) is 0 Å². The van der Waals surface area contributed by atoms with Gasteiger partial charge in [0.25, 0.3) is 0 Å². The van der Waals surface area contributed by atoms with Gasteiger partial charge in [0.15, 0.2) is 5.79 Å². The Morgan fingerprint density at radius 1 is 1.24 bits per heavy atom. The van der Waals surface area contributed by atoms with Crippen LogP contribution >= 0.6 is 0 Å². The molecule has 0 aromatic rings. The van der Waals surface area contributed by atoms with Crippen molar-refractivity contribution in [2.75, 3.05) is 6.61 Å². The van der Waals surface area contributed by atoms with E-state index in [1.807, 2.05) is 13.8 Å². The Hall–Kier alpha value is -0.160. The van der Waals surface area contributed by atoms with Crippen molar-refractivity contribution in [3.05, 3.63) is 0 Å². The van der Waals surface area contributed by atoms with Crippen LogP contribution in [0.3, 0.4) is 0 Å². The van der Waals surface area contributed by atoms with Crippen LogP contribution in [0.15, 0.2) is 0 Å². The van der Waals surface area contributed by atoms with E-state index in [0.717, 1.165) is 6.42 Å². The molecule has 0 radical (unpaired) electrons. The van der Waals surface area contributed by atoms with Crippen LogP contribution in [-0.4, -0.2) is 36.2 Å². The molecule has 2 rings (SSSR count). The largest absolute Gasteiger partial charge is 0.375 e. The first-order valence-electron chi connectivity index (χ1n) is 6.43. The van der Waals surface area contributed by atoms with Crippen LogP contribution in [0.2, 0.25) is 0 Å². The second-order valence-electron chi connectivity index (χ2n) is 6.65. The van der Waals surface area contributed by atoms with Gasteiger partial charge in [-0.25, -0.2) is 0 Å². The van der Waals surface area contributed by atoms with Crippen molar-refractivity contribution in [1.82, 2.24) is 0 Å². The molecule has 2 aliphatic rings. The molecule has 4 nitrogen and oxygen atoms in total. The maximum Gasteiger partial charge on any atom is 0.163 e. The molecule has 2 fully saturated rings. The fraction of sp³-hybridized carbons (Fsp3) is 1.00. The molecule has 0 amide bonds. The maximum atomic E-state index is 6.11. The summed E-state index contributed by atoms with van der Waals surface area (Å²) in [5.41, 5.74) is 6.00. The Morgan fingerprint density at radius 3 is 2.41 bits per heavy atom. The zero-order valence-electron chi connectivity index (χ0n) is 11.5. The second kappa shape index (κ2) is 4.19. The van der Waals surface area contributed by atoms with Crippen molar-refractivity contribution in [3.63, 3.8) is 0 Å². The van der Waals surface area contributed by atoms with Crippen molar-refractivity contribution < 1.29 is 14.2 Å². The van der Waals surface area contributed by atoms with Crippen molar-refractivity contribution in [2.24, 2.45) is 11.7 Å². The highest BCUT2D eigenvalue weighted by molar-refractivity contribution is 5.00. The van der Waals surface area contributed by atoms with Crippen LogP contribution in [0.25, 0.3) is 0 Å². The van der Waals surface area contributed by atoms with Crippen LogP contribution in [0.4, 0.5) is 0 Å². The van der Waals surface area contributed by atoms with E-state index in [1.165, 1.54) is 0 Å². The van der Waals surface area contributed by atoms with Crippen LogP contribution in [-0.2, 0) is 14.2 Å². The Balaban J connectivity index is 1.97. The lowest BCUT2D eigenvalue weighted by atomic mass is 10.1. The summed E-state index contributed by atoms with van der Waals surface area (Å²) in [5.74, 6) is -0.163. The van der Waals surface area contributed by atoms with Crippen LogP contribution in [0, 0.1) is 5.92 Å². The SMILES string of the molecule is CC(C)(C)OC[C@H]1C[C@@H](N)[C@@H]2OC(C)(C)O[C@H]12. The quantitative estimate of drug-likeness (QED) is 0.801. The molecule has 1 heterocycles. The van der Waals surface area contributed by atoms with Gasteiger partial charge in [-0.05, 0) is 41.0 Å². The zero-order chi connectivity index (χ0) is 12.8. The summed E-state index contributed by atoms with van der Waals surface area (Å²) in [6, 6.07) is 0.0651.